The lowest BCUT2D eigenvalue weighted by Gasteiger charge is -2.18. The molecule has 0 atom stereocenters. The van der Waals surface area contributed by atoms with Crippen molar-refractivity contribution in [1.82, 2.24) is 15.4 Å². The standard InChI is InChI=1S/C23H25FN4O4/c1-3-28(4-2)13-15-5-7-18-10-16(6-8-17(18)9-15)14-32-23(30)26-19-11-20(24)21(25-12-19)22(29)27-31/h5-12,31H,3-4,13-14H2,1-2H3,(H,26,30)(H,27,29). The molecule has 3 rings (SSSR count). The summed E-state index contributed by atoms with van der Waals surface area (Å²) in [7, 11) is 0. The average Bonchev–Trinajstić information content (AvgIpc) is 2.80. The van der Waals surface area contributed by atoms with Crippen LogP contribution in [0.25, 0.3) is 10.8 Å². The van der Waals surface area contributed by atoms with Gasteiger partial charge < -0.3 is 4.74 Å². The van der Waals surface area contributed by atoms with E-state index in [1.807, 2.05) is 18.2 Å². The second kappa shape index (κ2) is 10.7. The zero-order chi connectivity index (χ0) is 23.1. The molecule has 0 bridgehead atoms. The maximum Gasteiger partial charge on any atom is 0.412 e. The predicted molar refractivity (Wildman–Crippen MR) is 118 cm³/mol. The lowest BCUT2D eigenvalue weighted by molar-refractivity contribution is 0.0696. The highest BCUT2D eigenvalue weighted by atomic mass is 19.1. The monoisotopic (exact) mass is 440 g/mol. The zero-order valence-corrected chi connectivity index (χ0v) is 17.9. The van der Waals surface area contributed by atoms with Crippen molar-refractivity contribution >= 4 is 28.5 Å². The van der Waals surface area contributed by atoms with Crippen LogP contribution in [0.2, 0.25) is 0 Å². The molecular formula is C23H25FN4O4. The first-order valence-corrected chi connectivity index (χ1v) is 10.2. The topological polar surface area (TPSA) is 104 Å². The van der Waals surface area contributed by atoms with E-state index in [1.54, 1.807) is 0 Å². The minimum atomic E-state index is -1.09. The van der Waals surface area contributed by atoms with Crippen LogP contribution in [0.3, 0.4) is 0 Å². The second-order valence-electron chi connectivity index (χ2n) is 7.17. The Labute approximate surface area is 185 Å². The Morgan fingerprint density at radius 1 is 1.06 bits per heavy atom. The van der Waals surface area contributed by atoms with Crippen molar-refractivity contribution in [3.63, 3.8) is 0 Å². The molecule has 0 aliphatic carbocycles. The van der Waals surface area contributed by atoms with Gasteiger partial charge in [0.05, 0.1) is 11.9 Å². The fourth-order valence-electron chi connectivity index (χ4n) is 3.27. The molecule has 3 aromatic rings. The number of amides is 2. The number of halogens is 1. The number of carbonyl (C=O) groups is 2. The van der Waals surface area contributed by atoms with Crippen molar-refractivity contribution in [2.45, 2.75) is 27.0 Å². The van der Waals surface area contributed by atoms with Crippen LogP contribution in [0, 0.1) is 5.82 Å². The lowest BCUT2D eigenvalue weighted by Crippen LogP contribution is -2.22. The highest BCUT2D eigenvalue weighted by Gasteiger charge is 2.14. The maximum absolute atomic E-state index is 13.8. The third-order valence-electron chi connectivity index (χ3n) is 5.04. The number of nitrogens with zero attached hydrogens (tertiary/aromatic N) is 2. The predicted octanol–water partition coefficient (Wildman–Crippen LogP) is 4.08. The van der Waals surface area contributed by atoms with Gasteiger partial charge in [0.2, 0.25) is 0 Å². The Bertz CT molecular complexity index is 1120. The zero-order valence-electron chi connectivity index (χ0n) is 17.9. The molecule has 9 heteroatoms. The van der Waals surface area contributed by atoms with Crippen molar-refractivity contribution in [2.24, 2.45) is 0 Å². The summed E-state index contributed by atoms with van der Waals surface area (Å²) < 4.78 is 19.0. The number of aromatic nitrogens is 1. The van der Waals surface area contributed by atoms with Gasteiger partial charge in [0.1, 0.15) is 6.61 Å². The summed E-state index contributed by atoms with van der Waals surface area (Å²) >= 11 is 0. The van der Waals surface area contributed by atoms with Crippen LogP contribution in [0.15, 0.2) is 48.7 Å². The summed E-state index contributed by atoms with van der Waals surface area (Å²) in [5.74, 6) is -2.09. The third-order valence-corrected chi connectivity index (χ3v) is 5.04. The number of pyridine rings is 1. The Morgan fingerprint density at radius 3 is 2.34 bits per heavy atom. The minimum absolute atomic E-state index is 0.0150. The van der Waals surface area contributed by atoms with Gasteiger partial charge in [-0.25, -0.2) is 19.6 Å². The van der Waals surface area contributed by atoms with E-state index in [9.17, 15) is 14.0 Å². The van der Waals surface area contributed by atoms with Gasteiger partial charge in [-0.3, -0.25) is 20.2 Å². The molecular weight excluding hydrogens is 415 g/mol. The molecule has 8 nitrogen and oxygen atoms in total. The quantitative estimate of drug-likeness (QED) is 0.360. The summed E-state index contributed by atoms with van der Waals surface area (Å²) in [6.07, 6.45) is 0.293. The molecule has 0 radical (unpaired) electrons. The van der Waals surface area contributed by atoms with Gasteiger partial charge in [-0.2, -0.15) is 0 Å². The average molecular weight is 440 g/mol. The molecule has 0 saturated carbocycles. The van der Waals surface area contributed by atoms with Crippen molar-refractivity contribution in [1.29, 1.82) is 0 Å². The van der Waals surface area contributed by atoms with Crippen molar-refractivity contribution in [3.8, 4) is 0 Å². The van der Waals surface area contributed by atoms with E-state index in [4.69, 9.17) is 9.94 Å². The van der Waals surface area contributed by atoms with E-state index in [-0.39, 0.29) is 12.3 Å². The van der Waals surface area contributed by atoms with Crippen LogP contribution in [-0.4, -0.2) is 40.2 Å². The largest absolute Gasteiger partial charge is 0.444 e. The normalized spacial score (nSPS) is 10.9. The summed E-state index contributed by atoms with van der Waals surface area (Å²) in [4.78, 5) is 29.2. The number of hydroxylamine groups is 1. The van der Waals surface area contributed by atoms with Gasteiger partial charge in [0.25, 0.3) is 5.91 Å². The molecule has 32 heavy (non-hydrogen) atoms. The van der Waals surface area contributed by atoms with Crippen LogP contribution in [-0.2, 0) is 17.9 Å². The minimum Gasteiger partial charge on any atom is -0.444 e. The molecule has 0 aliphatic heterocycles. The van der Waals surface area contributed by atoms with Gasteiger partial charge in [-0.05, 0) is 47.1 Å². The smallest absolute Gasteiger partial charge is 0.412 e. The summed E-state index contributed by atoms with van der Waals surface area (Å²) in [5.41, 5.74) is 2.77. The van der Waals surface area contributed by atoms with E-state index < -0.39 is 23.5 Å². The van der Waals surface area contributed by atoms with Crippen LogP contribution >= 0.6 is 0 Å². The van der Waals surface area contributed by atoms with Crippen molar-refractivity contribution in [3.05, 3.63) is 71.3 Å². The number of hydrogen-bond acceptors (Lipinski definition) is 6. The molecule has 168 valence electrons. The number of fused-ring (bicyclic) bond motifs is 1. The first-order valence-electron chi connectivity index (χ1n) is 10.2. The van der Waals surface area contributed by atoms with E-state index in [0.717, 1.165) is 48.2 Å². The Kier molecular flexibility index (Phi) is 7.69. The molecule has 0 aliphatic rings. The molecule has 3 N–H and O–H groups in total. The maximum atomic E-state index is 13.8. The first-order chi connectivity index (χ1) is 15.4. The van der Waals surface area contributed by atoms with Gasteiger partial charge >= 0.3 is 6.09 Å². The van der Waals surface area contributed by atoms with Gasteiger partial charge in [-0.15, -0.1) is 0 Å². The molecule has 0 fully saturated rings. The Morgan fingerprint density at radius 2 is 1.72 bits per heavy atom. The summed E-state index contributed by atoms with van der Waals surface area (Å²) in [6.45, 7) is 7.21. The van der Waals surface area contributed by atoms with E-state index in [2.05, 4.69) is 47.2 Å². The molecule has 0 spiro atoms. The van der Waals surface area contributed by atoms with Crippen LogP contribution in [0.5, 0.6) is 0 Å². The SMILES string of the molecule is CCN(CC)Cc1ccc2cc(COC(=O)Nc3cnc(C(=O)NO)c(F)c3)ccc2c1. The summed E-state index contributed by atoms with van der Waals surface area (Å²) in [6, 6.07) is 13.0. The number of benzene rings is 2. The number of nitrogens with one attached hydrogen (secondary N) is 2. The second-order valence-corrected chi connectivity index (χ2v) is 7.17. The third kappa shape index (κ3) is 5.77. The number of hydrogen-bond donors (Lipinski definition) is 3. The van der Waals surface area contributed by atoms with Crippen molar-refractivity contribution < 1.29 is 23.9 Å². The Balaban J connectivity index is 1.60. The number of rotatable bonds is 8. The van der Waals surface area contributed by atoms with E-state index in [0.29, 0.717) is 0 Å². The van der Waals surface area contributed by atoms with Crippen LogP contribution in [0.4, 0.5) is 14.9 Å². The number of ether oxygens (including phenoxy) is 1. The molecule has 1 heterocycles. The van der Waals surface area contributed by atoms with Gasteiger partial charge in [0.15, 0.2) is 11.5 Å². The summed E-state index contributed by atoms with van der Waals surface area (Å²) in [5, 5.41) is 13.0. The van der Waals surface area contributed by atoms with Crippen LogP contribution in [0.1, 0.15) is 35.5 Å². The highest BCUT2D eigenvalue weighted by Crippen LogP contribution is 2.20. The van der Waals surface area contributed by atoms with E-state index >= 15 is 0 Å². The fourth-order valence-corrected chi connectivity index (χ4v) is 3.27. The lowest BCUT2D eigenvalue weighted by atomic mass is 10.0. The molecule has 2 amide bonds. The molecule has 0 unspecified atom stereocenters. The molecule has 0 saturated heterocycles. The van der Waals surface area contributed by atoms with Gasteiger partial charge in [-0.1, -0.05) is 38.1 Å². The first kappa shape index (κ1) is 23.1. The van der Waals surface area contributed by atoms with Gasteiger partial charge in [0, 0.05) is 12.6 Å². The highest BCUT2D eigenvalue weighted by molar-refractivity contribution is 5.92. The Hall–Kier alpha value is -3.56. The number of carbonyl (C=O) groups excluding carboxylic acids is 2. The van der Waals surface area contributed by atoms with Crippen LogP contribution < -0.4 is 10.8 Å². The molecule has 1 aromatic heterocycles. The van der Waals surface area contributed by atoms with Crippen molar-refractivity contribution in [2.75, 3.05) is 18.4 Å². The fraction of sp³-hybridized carbons (Fsp3) is 0.261. The molecule has 2 aromatic carbocycles. The van der Waals surface area contributed by atoms with E-state index in [1.165, 1.54) is 11.0 Å². The number of anilines is 1.